The Bertz CT molecular complexity index is 608. The van der Waals surface area contributed by atoms with Crippen molar-refractivity contribution in [1.29, 1.82) is 0 Å². The summed E-state index contributed by atoms with van der Waals surface area (Å²) in [6, 6.07) is 12.9. The van der Waals surface area contributed by atoms with E-state index in [9.17, 15) is 13.2 Å². The van der Waals surface area contributed by atoms with Crippen LogP contribution < -0.4 is 5.73 Å². The summed E-state index contributed by atoms with van der Waals surface area (Å²) >= 11 is 0. The smallest absolute Gasteiger partial charge is 0.399 e. The van der Waals surface area contributed by atoms with Gasteiger partial charge in [0.05, 0.1) is 5.56 Å². The van der Waals surface area contributed by atoms with Gasteiger partial charge in [-0.2, -0.15) is 13.2 Å². The highest BCUT2D eigenvalue weighted by molar-refractivity contribution is 5.40. The Hall–Kier alpha value is -2.01. The van der Waals surface area contributed by atoms with Crippen LogP contribution in [0.2, 0.25) is 0 Å². The summed E-state index contributed by atoms with van der Waals surface area (Å²) in [5.41, 5.74) is 7.45. The molecule has 0 spiro atoms. The van der Waals surface area contributed by atoms with Crippen LogP contribution in [0.4, 0.5) is 18.9 Å². The van der Waals surface area contributed by atoms with Gasteiger partial charge >= 0.3 is 6.18 Å². The molecule has 0 unspecified atom stereocenters. The van der Waals surface area contributed by atoms with Crippen LogP contribution in [-0.2, 0) is 19.3 Å². The number of hydrogen-bond acceptors (Lipinski definition) is 2. The fourth-order valence-electron chi connectivity index (χ4n) is 2.22. The van der Waals surface area contributed by atoms with Crippen molar-refractivity contribution in [1.82, 2.24) is 4.90 Å². The first-order valence-corrected chi connectivity index (χ1v) is 6.54. The molecule has 0 radical (unpaired) electrons. The van der Waals surface area contributed by atoms with Gasteiger partial charge in [0, 0.05) is 18.8 Å². The lowest BCUT2D eigenvalue weighted by molar-refractivity contribution is -0.137. The van der Waals surface area contributed by atoms with E-state index in [1.54, 1.807) is 12.1 Å². The van der Waals surface area contributed by atoms with Gasteiger partial charge in [0.2, 0.25) is 0 Å². The van der Waals surface area contributed by atoms with Gasteiger partial charge in [0.25, 0.3) is 0 Å². The van der Waals surface area contributed by atoms with Crippen molar-refractivity contribution in [3.63, 3.8) is 0 Å². The number of nitrogens with zero attached hydrogens (tertiary/aromatic N) is 1. The Balaban J connectivity index is 2.04. The zero-order valence-corrected chi connectivity index (χ0v) is 11.7. The number of anilines is 1. The third kappa shape index (κ3) is 4.49. The number of halogens is 3. The fourth-order valence-corrected chi connectivity index (χ4v) is 2.22. The molecule has 0 aliphatic rings. The van der Waals surface area contributed by atoms with Gasteiger partial charge in [-0.25, -0.2) is 0 Å². The first kappa shape index (κ1) is 15.4. The van der Waals surface area contributed by atoms with Gasteiger partial charge in [0.1, 0.15) is 0 Å². The van der Waals surface area contributed by atoms with E-state index >= 15 is 0 Å². The van der Waals surface area contributed by atoms with E-state index in [0.29, 0.717) is 24.3 Å². The van der Waals surface area contributed by atoms with Crippen molar-refractivity contribution in [3.8, 4) is 0 Å². The molecule has 0 saturated carbocycles. The van der Waals surface area contributed by atoms with Gasteiger partial charge in [-0.15, -0.1) is 0 Å². The quantitative estimate of drug-likeness (QED) is 0.866. The lowest BCUT2D eigenvalue weighted by atomic mass is 10.1. The van der Waals surface area contributed by atoms with Gasteiger partial charge in [0.15, 0.2) is 0 Å². The maximum absolute atomic E-state index is 12.7. The zero-order valence-electron chi connectivity index (χ0n) is 11.7. The van der Waals surface area contributed by atoms with Gasteiger partial charge in [-0.05, 0) is 36.4 Å². The Morgan fingerprint density at radius 2 is 1.52 bits per heavy atom. The SMILES string of the molecule is CN(Cc1cccc(N)c1)Cc1cccc(C(F)(F)F)c1. The molecule has 0 aromatic heterocycles. The van der Waals surface area contributed by atoms with E-state index in [4.69, 9.17) is 5.73 Å². The van der Waals surface area contributed by atoms with Crippen LogP contribution in [-0.4, -0.2) is 11.9 Å². The maximum atomic E-state index is 12.7. The molecule has 2 rings (SSSR count). The van der Waals surface area contributed by atoms with E-state index in [1.807, 2.05) is 30.1 Å². The van der Waals surface area contributed by atoms with E-state index < -0.39 is 11.7 Å². The minimum Gasteiger partial charge on any atom is -0.399 e. The predicted molar refractivity (Wildman–Crippen MR) is 77.5 cm³/mol. The number of nitrogen functional groups attached to an aromatic ring is 1. The first-order chi connectivity index (χ1) is 9.84. The maximum Gasteiger partial charge on any atom is 0.416 e. The number of nitrogens with two attached hydrogens (primary N) is 1. The van der Waals surface area contributed by atoms with Crippen LogP contribution >= 0.6 is 0 Å². The third-order valence-electron chi connectivity index (χ3n) is 3.11. The minimum atomic E-state index is -4.30. The number of benzene rings is 2. The average Bonchev–Trinajstić information content (AvgIpc) is 2.37. The topological polar surface area (TPSA) is 29.3 Å². The van der Waals surface area contributed by atoms with Crippen molar-refractivity contribution in [2.75, 3.05) is 12.8 Å². The van der Waals surface area contributed by atoms with Crippen LogP contribution in [0, 0.1) is 0 Å². The molecule has 21 heavy (non-hydrogen) atoms. The first-order valence-electron chi connectivity index (χ1n) is 6.54. The number of rotatable bonds is 4. The molecule has 2 N–H and O–H groups in total. The molecule has 2 aromatic carbocycles. The molecular formula is C16H17F3N2. The van der Waals surface area contributed by atoms with E-state index in [1.165, 1.54) is 12.1 Å². The molecule has 0 aliphatic heterocycles. The summed E-state index contributed by atoms with van der Waals surface area (Å²) in [6.07, 6.45) is -4.30. The molecule has 0 aliphatic carbocycles. The standard InChI is InChI=1S/C16H17F3N2/c1-21(11-13-5-3-7-15(20)9-13)10-12-4-2-6-14(8-12)16(17,18)19/h2-9H,10-11,20H2,1H3. The monoisotopic (exact) mass is 294 g/mol. The van der Waals surface area contributed by atoms with E-state index in [0.717, 1.165) is 11.6 Å². The second kappa shape index (κ2) is 6.18. The zero-order chi connectivity index (χ0) is 15.5. The molecule has 2 nitrogen and oxygen atoms in total. The summed E-state index contributed by atoms with van der Waals surface area (Å²) in [5, 5.41) is 0. The van der Waals surface area contributed by atoms with Crippen LogP contribution in [0.1, 0.15) is 16.7 Å². The lowest BCUT2D eigenvalue weighted by Crippen LogP contribution is -2.17. The Labute approximate surface area is 122 Å². The summed E-state index contributed by atoms with van der Waals surface area (Å²) in [6.45, 7) is 1.07. The Morgan fingerprint density at radius 1 is 0.952 bits per heavy atom. The average molecular weight is 294 g/mol. The van der Waals surface area contributed by atoms with E-state index in [-0.39, 0.29) is 0 Å². The van der Waals surface area contributed by atoms with Crippen molar-refractivity contribution in [3.05, 3.63) is 65.2 Å². The highest BCUT2D eigenvalue weighted by atomic mass is 19.4. The van der Waals surface area contributed by atoms with Crippen molar-refractivity contribution in [2.45, 2.75) is 19.3 Å². The fraction of sp³-hybridized carbons (Fsp3) is 0.250. The summed E-state index contributed by atoms with van der Waals surface area (Å²) in [7, 11) is 1.86. The second-order valence-corrected chi connectivity index (χ2v) is 5.12. The minimum absolute atomic E-state index is 0.443. The summed E-state index contributed by atoms with van der Waals surface area (Å²) in [5.74, 6) is 0. The highest BCUT2D eigenvalue weighted by Gasteiger charge is 2.30. The summed E-state index contributed by atoms with van der Waals surface area (Å²) < 4.78 is 38.0. The lowest BCUT2D eigenvalue weighted by Gasteiger charge is -2.18. The molecule has 0 atom stereocenters. The molecule has 0 saturated heterocycles. The molecule has 0 fully saturated rings. The molecule has 0 heterocycles. The highest BCUT2D eigenvalue weighted by Crippen LogP contribution is 2.29. The second-order valence-electron chi connectivity index (χ2n) is 5.12. The number of alkyl halides is 3. The van der Waals surface area contributed by atoms with Gasteiger partial charge in [-0.3, -0.25) is 4.90 Å². The Morgan fingerprint density at radius 3 is 2.10 bits per heavy atom. The van der Waals surface area contributed by atoms with Crippen LogP contribution in [0.25, 0.3) is 0 Å². The van der Waals surface area contributed by atoms with Gasteiger partial charge in [-0.1, -0.05) is 30.3 Å². The summed E-state index contributed by atoms with van der Waals surface area (Å²) in [4.78, 5) is 1.95. The molecule has 5 heteroatoms. The van der Waals surface area contributed by atoms with Crippen molar-refractivity contribution >= 4 is 5.69 Å². The normalized spacial score (nSPS) is 11.9. The van der Waals surface area contributed by atoms with Crippen molar-refractivity contribution in [2.24, 2.45) is 0 Å². The Kier molecular flexibility index (Phi) is 4.53. The van der Waals surface area contributed by atoms with Crippen LogP contribution in [0.5, 0.6) is 0 Å². The van der Waals surface area contributed by atoms with Crippen LogP contribution in [0.3, 0.4) is 0 Å². The predicted octanol–water partition coefficient (Wildman–Crippen LogP) is 3.92. The van der Waals surface area contributed by atoms with Crippen LogP contribution in [0.15, 0.2) is 48.5 Å². The van der Waals surface area contributed by atoms with Crippen molar-refractivity contribution < 1.29 is 13.2 Å². The molecule has 112 valence electrons. The van der Waals surface area contributed by atoms with E-state index in [2.05, 4.69) is 0 Å². The molecule has 0 bridgehead atoms. The number of hydrogen-bond donors (Lipinski definition) is 1. The molecule has 0 amide bonds. The third-order valence-corrected chi connectivity index (χ3v) is 3.11. The van der Waals surface area contributed by atoms with Gasteiger partial charge < -0.3 is 5.73 Å². The molecule has 2 aromatic rings. The molecular weight excluding hydrogens is 277 g/mol. The largest absolute Gasteiger partial charge is 0.416 e.